The van der Waals surface area contributed by atoms with E-state index in [9.17, 15) is 14.7 Å². The number of aliphatic hydroxyl groups excluding tert-OH is 1. The van der Waals surface area contributed by atoms with Gasteiger partial charge in [-0.15, -0.1) is 11.3 Å². The highest BCUT2D eigenvalue weighted by Gasteiger charge is 2.36. The van der Waals surface area contributed by atoms with E-state index in [1.165, 1.54) is 11.3 Å². The first-order chi connectivity index (χ1) is 11.2. The first-order valence-corrected chi connectivity index (χ1v) is 8.79. The van der Waals surface area contributed by atoms with Gasteiger partial charge in [0.05, 0.1) is 25.2 Å². The Morgan fingerprint density at radius 3 is 2.83 bits per heavy atom. The van der Waals surface area contributed by atoms with Crippen LogP contribution in [0.25, 0.3) is 0 Å². The maximum Gasteiger partial charge on any atom is 0.228 e. The molecule has 2 heterocycles. The number of hydrogen-bond acceptors (Lipinski definition) is 6. The standard InChI is InChI=1S/C15H21N3O4S/c19-8-12-11(17-14(21)9-1-2-9)4-3-10(22-12)7-13(20)18-15-16-5-6-23-15/h5-6,9-12,19H,1-4,7-8H2,(H,17,21)(H,16,18,20)/t10-,11-,12-/m0/s1. The van der Waals surface area contributed by atoms with E-state index in [1.807, 2.05) is 0 Å². The molecule has 3 atom stereocenters. The summed E-state index contributed by atoms with van der Waals surface area (Å²) in [5.74, 6) is 0.0373. The molecule has 1 aliphatic carbocycles. The van der Waals surface area contributed by atoms with Crippen molar-refractivity contribution in [2.45, 2.75) is 50.4 Å². The summed E-state index contributed by atoms with van der Waals surface area (Å²) in [7, 11) is 0. The topological polar surface area (TPSA) is 101 Å². The number of ether oxygens (including phenoxy) is 1. The van der Waals surface area contributed by atoms with Crippen molar-refractivity contribution in [2.75, 3.05) is 11.9 Å². The third kappa shape index (κ3) is 4.49. The number of amides is 2. The van der Waals surface area contributed by atoms with Gasteiger partial charge in [-0.2, -0.15) is 0 Å². The first-order valence-electron chi connectivity index (χ1n) is 7.91. The van der Waals surface area contributed by atoms with Gasteiger partial charge in [0.15, 0.2) is 5.13 Å². The van der Waals surface area contributed by atoms with Gasteiger partial charge in [0.1, 0.15) is 6.10 Å². The van der Waals surface area contributed by atoms with Gasteiger partial charge in [-0.05, 0) is 25.7 Å². The van der Waals surface area contributed by atoms with Crippen LogP contribution in [0.3, 0.4) is 0 Å². The molecule has 1 saturated heterocycles. The Labute approximate surface area is 138 Å². The van der Waals surface area contributed by atoms with Crippen molar-refractivity contribution in [3.05, 3.63) is 11.6 Å². The monoisotopic (exact) mass is 339 g/mol. The van der Waals surface area contributed by atoms with Crippen LogP contribution in [-0.4, -0.2) is 46.8 Å². The molecule has 1 aliphatic heterocycles. The Morgan fingerprint density at radius 1 is 1.35 bits per heavy atom. The second kappa shape index (κ2) is 7.37. The van der Waals surface area contributed by atoms with E-state index in [2.05, 4.69) is 15.6 Å². The second-order valence-electron chi connectivity index (χ2n) is 6.04. The fourth-order valence-corrected chi connectivity index (χ4v) is 3.30. The predicted molar refractivity (Wildman–Crippen MR) is 85.0 cm³/mol. The third-order valence-electron chi connectivity index (χ3n) is 4.16. The number of rotatable bonds is 6. The molecule has 0 aromatic carbocycles. The van der Waals surface area contributed by atoms with Gasteiger partial charge in [0, 0.05) is 17.5 Å². The largest absolute Gasteiger partial charge is 0.394 e. The maximum atomic E-state index is 12.0. The molecular weight excluding hydrogens is 318 g/mol. The van der Waals surface area contributed by atoms with Crippen LogP contribution in [0.2, 0.25) is 0 Å². The minimum absolute atomic E-state index is 0.0528. The van der Waals surface area contributed by atoms with E-state index in [4.69, 9.17) is 4.74 Å². The van der Waals surface area contributed by atoms with Gasteiger partial charge in [-0.25, -0.2) is 4.98 Å². The molecule has 0 radical (unpaired) electrons. The number of aromatic nitrogens is 1. The van der Waals surface area contributed by atoms with Crippen molar-refractivity contribution in [2.24, 2.45) is 5.92 Å². The van der Waals surface area contributed by atoms with Crippen LogP contribution < -0.4 is 10.6 Å². The minimum Gasteiger partial charge on any atom is -0.394 e. The molecule has 8 heteroatoms. The van der Waals surface area contributed by atoms with Crippen molar-refractivity contribution in [1.82, 2.24) is 10.3 Å². The number of thiazole rings is 1. The second-order valence-corrected chi connectivity index (χ2v) is 6.93. The summed E-state index contributed by atoms with van der Waals surface area (Å²) in [4.78, 5) is 27.8. The van der Waals surface area contributed by atoms with Crippen LogP contribution in [0, 0.1) is 5.92 Å². The predicted octanol–water partition coefficient (Wildman–Crippen LogP) is 0.906. The maximum absolute atomic E-state index is 12.0. The summed E-state index contributed by atoms with van der Waals surface area (Å²) in [6, 6.07) is -0.175. The molecule has 1 aromatic heterocycles. The van der Waals surface area contributed by atoms with Crippen LogP contribution in [-0.2, 0) is 14.3 Å². The van der Waals surface area contributed by atoms with Gasteiger partial charge < -0.3 is 20.5 Å². The zero-order valence-electron chi connectivity index (χ0n) is 12.7. The fourth-order valence-electron chi connectivity index (χ4n) is 2.76. The summed E-state index contributed by atoms with van der Waals surface area (Å²) >= 11 is 1.36. The molecule has 2 fully saturated rings. The van der Waals surface area contributed by atoms with Crippen LogP contribution in [0.1, 0.15) is 32.1 Å². The van der Waals surface area contributed by atoms with E-state index < -0.39 is 6.10 Å². The number of anilines is 1. The van der Waals surface area contributed by atoms with E-state index >= 15 is 0 Å². The van der Waals surface area contributed by atoms with Crippen LogP contribution >= 0.6 is 11.3 Å². The Kier molecular flexibility index (Phi) is 5.24. The highest BCUT2D eigenvalue weighted by molar-refractivity contribution is 7.13. The third-order valence-corrected chi connectivity index (χ3v) is 4.85. The molecular formula is C15H21N3O4S. The smallest absolute Gasteiger partial charge is 0.228 e. The van der Waals surface area contributed by atoms with Crippen molar-refractivity contribution in [3.8, 4) is 0 Å². The molecule has 126 valence electrons. The summed E-state index contributed by atoms with van der Waals surface area (Å²) in [6.07, 6.45) is 4.43. The molecule has 3 rings (SSSR count). The number of hydrogen-bond donors (Lipinski definition) is 3. The van der Waals surface area contributed by atoms with Crippen LogP contribution in [0.4, 0.5) is 5.13 Å². The van der Waals surface area contributed by atoms with E-state index in [0.717, 1.165) is 12.8 Å². The normalized spacial score (nSPS) is 27.4. The number of nitrogens with zero attached hydrogens (tertiary/aromatic N) is 1. The number of aliphatic hydroxyl groups is 1. The Balaban J connectivity index is 1.47. The average Bonchev–Trinajstić information content (AvgIpc) is 3.27. The van der Waals surface area contributed by atoms with Gasteiger partial charge in [-0.1, -0.05) is 0 Å². The van der Waals surface area contributed by atoms with Gasteiger partial charge in [-0.3, -0.25) is 9.59 Å². The lowest BCUT2D eigenvalue weighted by Gasteiger charge is -2.36. The lowest BCUT2D eigenvalue weighted by atomic mass is 9.96. The van der Waals surface area contributed by atoms with Crippen molar-refractivity contribution >= 4 is 28.3 Å². The molecule has 1 aromatic rings. The molecule has 0 bridgehead atoms. The first kappa shape index (κ1) is 16.4. The molecule has 3 N–H and O–H groups in total. The van der Waals surface area contributed by atoms with Crippen LogP contribution in [0.15, 0.2) is 11.6 Å². The molecule has 0 unspecified atom stereocenters. The fraction of sp³-hybridized carbons (Fsp3) is 0.667. The molecule has 1 saturated carbocycles. The van der Waals surface area contributed by atoms with E-state index in [0.29, 0.717) is 18.0 Å². The van der Waals surface area contributed by atoms with Crippen molar-refractivity contribution < 1.29 is 19.4 Å². The molecule has 23 heavy (non-hydrogen) atoms. The molecule has 2 aliphatic rings. The lowest BCUT2D eigenvalue weighted by Crippen LogP contribution is -2.51. The summed E-state index contributed by atoms with van der Waals surface area (Å²) in [5, 5.41) is 17.5. The summed E-state index contributed by atoms with van der Waals surface area (Å²) in [6.45, 7) is -0.166. The SMILES string of the molecule is O=C(C[C@@H]1CC[C@H](NC(=O)C2CC2)[C@H](CO)O1)Nc1nccs1. The van der Waals surface area contributed by atoms with E-state index in [1.54, 1.807) is 11.6 Å². The Morgan fingerprint density at radius 2 is 2.17 bits per heavy atom. The molecule has 2 amide bonds. The summed E-state index contributed by atoms with van der Waals surface area (Å²) in [5.41, 5.74) is 0. The quantitative estimate of drug-likeness (QED) is 0.715. The zero-order chi connectivity index (χ0) is 16.2. The lowest BCUT2D eigenvalue weighted by molar-refractivity contribution is -0.134. The van der Waals surface area contributed by atoms with Crippen LogP contribution in [0.5, 0.6) is 0 Å². The number of nitrogens with one attached hydrogen (secondary N) is 2. The number of carbonyl (C=O) groups is 2. The van der Waals surface area contributed by atoms with Crippen molar-refractivity contribution in [3.63, 3.8) is 0 Å². The average molecular weight is 339 g/mol. The Bertz CT molecular complexity index is 547. The van der Waals surface area contributed by atoms with Gasteiger partial charge in [0.25, 0.3) is 0 Å². The highest BCUT2D eigenvalue weighted by atomic mass is 32.1. The van der Waals surface area contributed by atoms with Crippen molar-refractivity contribution in [1.29, 1.82) is 0 Å². The summed E-state index contributed by atoms with van der Waals surface area (Å²) < 4.78 is 5.80. The molecule has 0 spiro atoms. The highest BCUT2D eigenvalue weighted by Crippen LogP contribution is 2.30. The van der Waals surface area contributed by atoms with E-state index in [-0.39, 0.29) is 42.9 Å². The molecule has 7 nitrogen and oxygen atoms in total. The zero-order valence-corrected chi connectivity index (χ0v) is 13.6. The Hall–Kier alpha value is -1.51. The van der Waals surface area contributed by atoms with Gasteiger partial charge >= 0.3 is 0 Å². The number of carbonyl (C=O) groups excluding carboxylic acids is 2. The van der Waals surface area contributed by atoms with Gasteiger partial charge in [0.2, 0.25) is 11.8 Å². The minimum atomic E-state index is -0.455.